The van der Waals surface area contributed by atoms with E-state index >= 15 is 0 Å². The Hall–Kier alpha value is -3.48. The molecule has 118 valence electrons. The van der Waals surface area contributed by atoms with Crippen molar-refractivity contribution in [1.82, 2.24) is 29.6 Å². The molecule has 0 N–H and O–H groups in total. The molecular formula is C17H14N6O. The number of tetrazole rings is 1. The highest BCUT2D eigenvalue weighted by atomic mass is 16.2. The zero-order valence-electron chi connectivity index (χ0n) is 12.7. The van der Waals surface area contributed by atoms with E-state index in [1.807, 2.05) is 66.9 Å². The van der Waals surface area contributed by atoms with E-state index in [1.165, 1.54) is 9.36 Å². The fraction of sp³-hybridized carbons (Fsp3) is 0.0588. The van der Waals surface area contributed by atoms with Crippen LogP contribution in [0.2, 0.25) is 0 Å². The maximum atomic E-state index is 12.4. The van der Waals surface area contributed by atoms with Gasteiger partial charge in [-0.05, 0) is 46.3 Å². The van der Waals surface area contributed by atoms with Crippen LogP contribution in [0.4, 0.5) is 0 Å². The minimum Gasteiger partial charge on any atom is -0.244 e. The third-order valence-electron chi connectivity index (χ3n) is 3.68. The Morgan fingerprint density at radius 3 is 2.33 bits per heavy atom. The monoisotopic (exact) mass is 318 g/mol. The third-order valence-corrected chi connectivity index (χ3v) is 3.68. The molecule has 4 aromatic rings. The highest BCUT2D eigenvalue weighted by molar-refractivity contribution is 5.34. The summed E-state index contributed by atoms with van der Waals surface area (Å²) in [5.41, 5.74) is 2.36. The van der Waals surface area contributed by atoms with Crippen LogP contribution >= 0.6 is 0 Å². The van der Waals surface area contributed by atoms with Crippen molar-refractivity contribution in [2.75, 3.05) is 0 Å². The highest BCUT2D eigenvalue weighted by Crippen LogP contribution is 2.09. The lowest BCUT2D eigenvalue weighted by molar-refractivity contribution is 0.631. The molecule has 0 atom stereocenters. The Balaban J connectivity index is 1.58. The normalized spacial score (nSPS) is 10.8. The first-order valence-corrected chi connectivity index (χ1v) is 7.48. The average molecular weight is 318 g/mol. The fourth-order valence-corrected chi connectivity index (χ4v) is 2.45. The van der Waals surface area contributed by atoms with E-state index in [9.17, 15) is 4.79 Å². The first kappa shape index (κ1) is 14.1. The van der Waals surface area contributed by atoms with E-state index in [0.29, 0.717) is 12.2 Å². The van der Waals surface area contributed by atoms with Crippen LogP contribution in [0.5, 0.6) is 0 Å². The Kier molecular flexibility index (Phi) is 3.51. The lowest BCUT2D eigenvalue weighted by atomic mass is 10.2. The van der Waals surface area contributed by atoms with Crippen LogP contribution in [-0.4, -0.2) is 29.6 Å². The summed E-state index contributed by atoms with van der Waals surface area (Å²) in [7, 11) is 0. The van der Waals surface area contributed by atoms with Gasteiger partial charge in [-0.3, -0.25) is 0 Å². The smallest absolute Gasteiger partial charge is 0.244 e. The van der Waals surface area contributed by atoms with Crippen molar-refractivity contribution in [3.05, 3.63) is 89.1 Å². The summed E-state index contributed by atoms with van der Waals surface area (Å²) in [6.07, 6.45) is 3.61. The highest BCUT2D eigenvalue weighted by Gasteiger charge is 2.09. The standard InChI is InChI=1S/C17H14N6O/c24-17-22(19-20-23(17)16-5-2-1-3-6-16)13-14-7-9-15(10-8-14)21-12-4-11-18-21/h1-12H,13H2. The Morgan fingerprint density at radius 1 is 0.833 bits per heavy atom. The van der Waals surface area contributed by atoms with Gasteiger partial charge in [0.25, 0.3) is 0 Å². The number of hydrogen-bond donors (Lipinski definition) is 0. The molecule has 0 aliphatic heterocycles. The SMILES string of the molecule is O=c1n(Cc2ccc(-n3cccn3)cc2)nnn1-c1ccccc1. The molecule has 0 saturated carbocycles. The van der Waals surface area contributed by atoms with Crippen molar-refractivity contribution in [2.24, 2.45) is 0 Å². The van der Waals surface area contributed by atoms with Crippen molar-refractivity contribution in [3.8, 4) is 11.4 Å². The molecule has 0 spiro atoms. The minimum atomic E-state index is -0.266. The van der Waals surface area contributed by atoms with Gasteiger partial charge in [-0.15, -0.1) is 0 Å². The van der Waals surface area contributed by atoms with Crippen LogP contribution in [0.1, 0.15) is 5.56 Å². The van der Waals surface area contributed by atoms with E-state index in [4.69, 9.17) is 0 Å². The molecular weight excluding hydrogens is 304 g/mol. The number of hydrogen-bond acceptors (Lipinski definition) is 4. The number of aromatic nitrogens is 6. The summed E-state index contributed by atoms with van der Waals surface area (Å²) in [5, 5.41) is 12.1. The largest absolute Gasteiger partial charge is 0.368 e. The van der Waals surface area contributed by atoms with Gasteiger partial charge in [0.2, 0.25) is 0 Å². The minimum absolute atomic E-state index is 0.266. The summed E-state index contributed by atoms with van der Waals surface area (Å²) in [4.78, 5) is 12.4. The third kappa shape index (κ3) is 2.63. The van der Waals surface area contributed by atoms with Crippen LogP contribution in [-0.2, 0) is 6.54 Å². The number of para-hydroxylation sites is 1. The first-order chi connectivity index (χ1) is 11.8. The summed E-state index contributed by atoms with van der Waals surface area (Å²) >= 11 is 0. The summed E-state index contributed by atoms with van der Waals surface area (Å²) in [6.45, 7) is 0.366. The zero-order chi connectivity index (χ0) is 16.4. The van der Waals surface area contributed by atoms with E-state index in [1.54, 1.807) is 10.9 Å². The topological polar surface area (TPSA) is 70.5 Å². The maximum Gasteiger partial charge on any atom is 0.368 e. The van der Waals surface area contributed by atoms with E-state index in [2.05, 4.69) is 15.5 Å². The van der Waals surface area contributed by atoms with E-state index in [0.717, 1.165) is 11.3 Å². The van der Waals surface area contributed by atoms with Gasteiger partial charge in [0.15, 0.2) is 0 Å². The quantitative estimate of drug-likeness (QED) is 0.574. The molecule has 24 heavy (non-hydrogen) atoms. The molecule has 0 fully saturated rings. The van der Waals surface area contributed by atoms with Gasteiger partial charge < -0.3 is 0 Å². The number of benzene rings is 2. The molecule has 7 nitrogen and oxygen atoms in total. The second-order valence-electron chi connectivity index (χ2n) is 5.28. The van der Waals surface area contributed by atoms with Gasteiger partial charge in [-0.2, -0.15) is 14.5 Å². The van der Waals surface area contributed by atoms with Crippen molar-refractivity contribution < 1.29 is 0 Å². The summed E-state index contributed by atoms with van der Waals surface area (Å²) < 4.78 is 4.41. The Morgan fingerprint density at radius 2 is 1.62 bits per heavy atom. The van der Waals surface area contributed by atoms with Gasteiger partial charge in [0, 0.05) is 12.4 Å². The maximum absolute atomic E-state index is 12.4. The lowest BCUT2D eigenvalue weighted by Gasteiger charge is -2.03. The summed E-state index contributed by atoms with van der Waals surface area (Å²) in [5.74, 6) is 0. The van der Waals surface area contributed by atoms with Crippen LogP contribution in [0.15, 0.2) is 77.9 Å². The molecule has 0 amide bonds. The molecule has 4 rings (SSSR count). The predicted octanol–water partition coefficient (Wildman–Crippen LogP) is 1.66. The second kappa shape index (κ2) is 5.96. The lowest BCUT2D eigenvalue weighted by Crippen LogP contribution is -2.24. The fourth-order valence-electron chi connectivity index (χ4n) is 2.45. The van der Waals surface area contributed by atoms with Crippen molar-refractivity contribution in [3.63, 3.8) is 0 Å². The molecule has 0 bridgehead atoms. The van der Waals surface area contributed by atoms with Crippen molar-refractivity contribution >= 4 is 0 Å². The molecule has 0 aliphatic rings. The van der Waals surface area contributed by atoms with Gasteiger partial charge in [-0.25, -0.2) is 9.48 Å². The number of nitrogens with zero attached hydrogens (tertiary/aromatic N) is 6. The molecule has 0 unspecified atom stereocenters. The molecule has 2 aromatic heterocycles. The van der Waals surface area contributed by atoms with Gasteiger partial charge >= 0.3 is 5.69 Å². The summed E-state index contributed by atoms with van der Waals surface area (Å²) in [6, 6.07) is 18.9. The van der Waals surface area contributed by atoms with Crippen LogP contribution in [0.3, 0.4) is 0 Å². The van der Waals surface area contributed by atoms with E-state index < -0.39 is 0 Å². The van der Waals surface area contributed by atoms with Crippen LogP contribution in [0.25, 0.3) is 11.4 Å². The van der Waals surface area contributed by atoms with Gasteiger partial charge in [0.05, 0.1) is 17.9 Å². The average Bonchev–Trinajstić information content (AvgIpc) is 3.28. The Labute approximate surface area is 137 Å². The number of rotatable bonds is 4. The van der Waals surface area contributed by atoms with Crippen molar-refractivity contribution in [1.29, 1.82) is 0 Å². The predicted molar refractivity (Wildman–Crippen MR) is 88.3 cm³/mol. The second-order valence-corrected chi connectivity index (χ2v) is 5.28. The molecule has 0 aliphatic carbocycles. The van der Waals surface area contributed by atoms with Crippen LogP contribution in [0, 0.1) is 0 Å². The molecule has 2 aromatic carbocycles. The molecule has 0 radical (unpaired) electrons. The molecule has 7 heteroatoms. The van der Waals surface area contributed by atoms with Gasteiger partial charge in [0.1, 0.15) is 0 Å². The van der Waals surface area contributed by atoms with E-state index in [-0.39, 0.29) is 5.69 Å². The van der Waals surface area contributed by atoms with Gasteiger partial charge in [-0.1, -0.05) is 30.3 Å². The van der Waals surface area contributed by atoms with Crippen LogP contribution < -0.4 is 5.69 Å². The zero-order valence-corrected chi connectivity index (χ0v) is 12.7. The van der Waals surface area contributed by atoms with Crippen molar-refractivity contribution in [2.45, 2.75) is 6.54 Å². The first-order valence-electron chi connectivity index (χ1n) is 7.48. The molecule has 2 heterocycles. The molecule has 0 saturated heterocycles. The Bertz CT molecular complexity index is 984.